The number of aliphatic hydroxyl groups excluding tert-OH is 1. The second kappa shape index (κ2) is 9.36. The Morgan fingerprint density at radius 3 is 3.00 bits per heavy atom. The molecule has 1 aliphatic rings. The van der Waals surface area contributed by atoms with E-state index in [-0.39, 0.29) is 12.0 Å². The molecular weight excluding hydrogens is 244 g/mol. The summed E-state index contributed by atoms with van der Waals surface area (Å²) in [5.41, 5.74) is 0.103. The summed E-state index contributed by atoms with van der Waals surface area (Å²) in [6, 6.07) is 0. The Bertz CT molecular complexity index is 302. The zero-order valence-electron chi connectivity index (χ0n) is 11.1. The van der Waals surface area contributed by atoms with Crippen LogP contribution in [0.25, 0.3) is 0 Å². The minimum absolute atomic E-state index is 0.103. The first-order valence-corrected chi connectivity index (χ1v) is 7.67. The van der Waals surface area contributed by atoms with Gasteiger partial charge in [0.05, 0.1) is 13.2 Å². The van der Waals surface area contributed by atoms with Crippen LogP contribution in [0.1, 0.15) is 13.3 Å². The van der Waals surface area contributed by atoms with Gasteiger partial charge in [0, 0.05) is 36.2 Å². The summed E-state index contributed by atoms with van der Waals surface area (Å²) in [5, 5.41) is 12.0. The summed E-state index contributed by atoms with van der Waals surface area (Å²) in [4.78, 5) is 4.48. The molecule has 1 unspecified atom stereocenters. The highest BCUT2D eigenvalue weighted by atomic mass is 32.2. The van der Waals surface area contributed by atoms with Crippen molar-refractivity contribution in [1.82, 2.24) is 5.32 Å². The van der Waals surface area contributed by atoms with Gasteiger partial charge in [-0.3, -0.25) is 4.99 Å². The normalized spacial score (nSPS) is 23.0. The van der Waals surface area contributed by atoms with Gasteiger partial charge in [0.15, 0.2) is 0 Å². The fourth-order valence-corrected chi connectivity index (χ4v) is 2.31. The van der Waals surface area contributed by atoms with Crippen LogP contribution in [0.2, 0.25) is 0 Å². The van der Waals surface area contributed by atoms with Crippen LogP contribution in [0.3, 0.4) is 0 Å². The third-order valence-electron chi connectivity index (χ3n) is 2.74. The minimum Gasteiger partial charge on any atom is -0.396 e. The van der Waals surface area contributed by atoms with Gasteiger partial charge in [0.2, 0.25) is 0 Å². The summed E-state index contributed by atoms with van der Waals surface area (Å²) >= 11 is 1.77. The molecule has 0 saturated heterocycles. The van der Waals surface area contributed by atoms with E-state index in [1.54, 1.807) is 11.8 Å². The maximum absolute atomic E-state index is 8.62. The average molecular weight is 268 g/mol. The smallest absolute Gasteiger partial charge is 0.0521 e. The molecule has 0 aromatic rings. The third kappa shape index (κ3) is 6.99. The Kier molecular flexibility index (Phi) is 8.05. The maximum Gasteiger partial charge on any atom is 0.0521 e. The Labute approximate surface area is 114 Å². The lowest BCUT2D eigenvalue weighted by Gasteiger charge is -2.20. The molecule has 0 radical (unpaired) electrons. The predicted molar refractivity (Wildman–Crippen MR) is 81.6 cm³/mol. The Morgan fingerprint density at radius 2 is 2.28 bits per heavy atom. The van der Waals surface area contributed by atoms with Crippen molar-refractivity contribution in [1.29, 1.82) is 0 Å². The van der Waals surface area contributed by atoms with Crippen LogP contribution in [0.15, 0.2) is 29.3 Å². The van der Waals surface area contributed by atoms with Gasteiger partial charge < -0.3 is 10.4 Å². The van der Waals surface area contributed by atoms with Crippen LogP contribution in [0.5, 0.6) is 0 Å². The van der Waals surface area contributed by atoms with Gasteiger partial charge >= 0.3 is 0 Å². The first-order valence-electron chi connectivity index (χ1n) is 6.51. The van der Waals surface area contributed by atoms with Gasteiger partial charge in [-0.1, -0.05) is 31.2 Å². The molecule has 0 amide bonds. The molecule has 0 spiro atoms. The topological polar surface area (TPSA) is 44.6 Å². The van der Waals surface area contributed by atoms with E-state index in [4.69, 9.17) is 5.11 Å². The molecule has 0 aliphatic heterocycles. The Balaban J connectivity index is 2.00. The molecule has 0 heterocycles. The quantitative estimate of drug-likeness (QED) is 0.496. The van der Waals surface area contributed by atoms with E-state index in [1.165, 1.54) is 0 Å². The maximum atomic E-state index is 8.62. The SMILES string of the molecule is CC1(C=NCCNCCSCCO)C=CC=CC1. The van der Waals surface area contributed by atoms with E-state index in [9.17, 15) is 0 Å². The van der Waals surface area contributed by atoms with Crippen LogP contribution in [0, 0.1) is 5.41 Å². The summed E-state index contributed by atoms with van der Waals surface area (Å²) < 4.78 is 0. The molecule has 0 saturated carbocycles. The fraction of sp³-hybridized carbons (Fsp3) is 0.643. The zero-order valence-corrected chi connectivity index (χ0v) is 12.0. The van der Waals surface area contributed by atoms with E-state index in [1.807, 2.05) is 0 Å². The number of allylic oxidation sites excluding steroid dienone is 4. The van der Waals surface area contributed by atoms with Crippen LogP contribution in [0.4, 0.5) is 0 Å². The lowest BCUT2D eigenvalue weighted by Crippen LogP contribution is -2.22. The monoisotopic (exact) mass is 268 g/mol. The molecule has 0 aromatic heterocycles. The van der Waals surface area contributed by atoms with Crippen LogP contribution >= 0.6 is 11.8 Å². The molecule has 0 aromatic carbocycles. The molecular formula is C14H24N2OS. The van der Waals surface area contributed by atoms with Crippen molar-refractivity contribution in [3.05, 3.63) is 24.3 Å². The third-order valence-corrected chi connectivity index (χ3v) is 3.71. The summed E-state index contributed by atoms with van der Waals surface area (Å²) in [5.74, 6) is 1.88. The van der Waals surface area contributed by atoms with Crippen molar-refractivity contribution in [3.8, 4) is 0 Å². The van der Waals surface area contributed by atoms with E-state index in [2.05, 4.69) is 47.8 Å². The number of hydrogen-bond acceptors (Lipinski definition) is 4. The van der Waals surface area contributed by atoms with Gasteiger partial charge in [-0.15, -0.1) is 0 Å². The molecule has 0 fully saturated rings. The molecule has 1 atom stereocenters. The highest BCUT2D eigenvalue weighted by molar-refractivity contribution is 7.99. The number of hydrogen-bond donors (Lipinski definition) is 2. The van der Waals surface area contributed by atoms with E-state index in [0.717, 1.165) is 37.6 Å². The number of nitrogens with zero attached hydrogens (tertiary/aromatic N) is 1. The second-order valence-corrected chi connectivity index (χ2v) is 5.84. The van der Waals surface area contributed by atoms with E-state index >= 15 is 0 Å². The van der Waals surface area contributed by atoms with Crippen LogP contribution < -0.4 is 5.32 Å². The van der Waals surface area contributed by atoms with Gasteiger partial charge in [0.1, 0.15) is 0 Å². The molecule has 0 bridgehead atoms. The lowest BCUT2D eigenvalue weighted by molar-refractivity contribution is 0.322. The number of rotatable bonds is 9. The van der Waals surface area contributed by atoms with Gasteiger partial charge in [0.25, 0.3) is 0 Å². The van der Waals surface area contributed by atoms with Gasteiger partial charge in [-0.05, 0) is 6.42 Å². The molecule has 4 heteroatoms. The van der Waals surface area contributed by atoms with E-state index < -0.39 is 0 Å². The molecule has 1 aliphatic carbocycles. The minimum atomic E-state index is 0.103. The molecule has 1 rings (SSSR count). The number of aliphatic hydroxyl groups is 1. The van der Waals surface area contributed by atoms with Gasteiger partial charge in [-0.2, -0.15) is 11.8 Å². The van der Waals surface area contributed by atoms with Crippen molar-refractivity contribution in [2.24, 2.45) is 10.4 Å². The molecule has 102 valence electrons. The highest BCUT2D eigenvalue weighted by Crippen LogP contribution is 2.24. The molecule has 2 N–H and O–H groups in total. The number of thioether (sulfide) groups is 1. The largest absolute Gasteiger partial charge is 0.396 e. The lowest BCUT2D eigenvalue weighted by atomic mass is 9.85. The van der Waals surface area contributed by atoms with Crippen molar-refractivity contribution in [2.45, 2.75) is 13.3 Å². The second-order valence-electron chi connectivity index (χ2n) is 4.62. The van der Waals surface area contributed by atoms with Crippen molar-refractivity contribution >= 4 is 18.0 Å². The number of aliphatic imine (C=N–C) groups is 1. The average Bonchev–Trinajstić information content (AvgIpc) is 2.38. The van der Waals surface area contributed by atoms with Crippen molar-refractivity contribution in [3.63, 3.8) is 0 Å². The van der Waals surface area contributed by atoms with Crippen molar-refractivity contribution in [2.75, 3.05) is 37.7 Å². The first-order chi connectivity index (χ1) is 8.77. The van der Waals surface area contributed by atoms with Crippen molar-refractivity contribution < 1.29 is 5.11 Å². The molecule has 18 heavy (non-hydrogen) atoms. The predicted octanol–water partition coefficient (Wildman–Crippen LogP) is 1.89. The Morgan fingerprint density at radius 1 is 1.39 bits per heavy atom. The Hall–Kier alpha value is -0.580. The fourth-order valence-electron chi connectivity index (χ4n) is 1.69. The molecule has 3 nitrogen and oxygen atoms in total. The number of nitrogens with one attached hydrogen (secondary N) is 1. The first kappa shape index (κ1) is 15.5. The van der Waals surface area contributed by atoms with Crippen LogP contribution in [-0.4, -0.2) is 49.1 Å². The van der Waals surface area contributed by atoms with Crippen LogP contribution in [-0.2, 0) is 0 Å². The highest BCUT2D eigenvalue weighted by Gasteiger charge is 2.17. The van der Waals surface area contributed by atoms with Gasteiger partial charge in [-0.25, -0.2) is 0 Å². The summed E-state index contributed by atoms with van der Waals surface area (Å²) in [7, 11) is 0. The summed E-state index contributed by atoms with van der Waals surface area (Å²) in [6.45, 7) is 5.22. The summed E-state index contributed by atoms with van der Waals surface area (Å²) in [6.07, 6.45) is 11.7. The van der Waals surface area contributed by atoms with E-state index in [0.29, 0.717) is 0 Å². The zero-order chi connectivity index (χ0) is 13.1. The standard InChI is InChI=1S/C14H24N2OS/c1-14(5-3-2-4-6-14)13-16-8-7-15-9-11-18-12-10-17/h2-5,13,15,17H,6-12H2,1H3.